The maximum atomic E-state index is 12.0. The number of sulfone groups is 1. The summed E-state index contributed by atoms with van der Waals surface area (Å²) in [6.45, 7) is 4.16. The van der Waals surface area contributed by atoms with Gasteiger partial charge in [0.2, 0.25) is 11.8 Å². The fraction of sp³-hybridized carbons (Fsp3) is 0.429. The van der Waals surface area contributed by atoms with Gasteiger partial charge in [0.05, 0.1) is 24.7 Å². The van der Waals surface area contributed by atoms with Gasteiger partial charge in [0.25, 0.3) is 0 Å². The summed E-state index contributed by atoms with van der Waals surface area (Å²) >= 11 is 0. The van der Waals surface area contributed by atoms with Crippen molar-refractivity contribution in [1.29, 1.82) is 0 Å². The number of rotatable bonds is 8. The third-order valence-corrected chi connectivity index (χ3v) is 5.48. The van der Waals surface area contributed by atoms with E-state index in [0.717, 1.165) is 0 Å². The number of hydrogen-bond acceptors (Lipinski definition) is 8. The molecule has 0 aliphatic carbocycles. The van der Waals surface area contributed by atoms with E-state index < -0.39 is 9.84 Å². The molecule has 0 bridgehead atoms. The van der Waals surface area contributed by atoms with Crippen molar-refractivity contribution < 1.29 is 22.7 Å². The van der Waals surface area contributed by atoms with Crippen LogP contribution >= 0.6 is 0 Å². The first kappa shape index (κ1) is 23.6. The van der Waals surface area contributed by atoms with Crippen molar-refractivity contribution >= 4 is 33.2 Å². The van der Waals surface area contributed by atoms with Gasteiger partial charge in [-0.3, -0.25) is 9.59 Å². The van der Waals surface area contributed by atoms with Gasteiger partial charge in [-0.1, -0.05) is 0 Å². The van der Waals surface area contributed by atoms with Crippen molar-refractivity contribution in [2.24, 2.45) is 0 Å². The van der Waals surface area contributed by atoms with Crippen molar-refractivity contribution in [3.63, 3.8) is 0 Å². The number of nitrogens with zero attached hydrogens (tertiary/aromatic N) is 3. The number of carbonyl (C=O) groups excluding carboxylic acids is 2. The van der Waals surface area contributed by atoms with Gasteiger partial charge in [-0.2, -0.15) is 0 Å². The van der Waals surface area contributed by atoms with Crippen LogP contribution in [0, 0.1) is 0 Å². The Bertz CT molecular complexity index is 1070. The van der Waals surface area contributed by atoms with Crippen LogP contribution in [-0.4, -0.2) is 69.3 Å². The highest BCUT2D eigenvalue weighted by molar-refractivity contribution is 7.89. The summed E-state index contributed by atoms with van der Waals surface area (Å²) in [6.07, 6.45) is 1.34. The van der Waals surface area contributed by atoms with Gasteiger partial charge in [0.1, 0.15) is 5.82 Å². The molecule has 0 saturated carbocycles. The molecule has 2 amide bonds. The van der Waals surface area contributed by atoms with Gasteiger partial charge in [-0.15, -0.1) is 0 Å². The zero-order chi connectivity index (χ0) is 23.1. The minimum atomic E-state index is -3.26. The molecule has 1 aromatic carbocycles. The Hall–Kier alpha value is -3.05. The minimum absolute atomic E-state index is 0.168. The number of aromatic nitrogens is 2. The van der Waals surface area contributed by atoms with Crippen molar-refractivity contribution in [2.45, 2.75) is 19.1 Å². The van der Waals surface area contributed by atoms with Gasteiger partial charge in [-0.05, 0) is 24.3 Å². The summed E-state index contributed by atoms with van der Waals surface area (Å²) in [4.78, 5) is 34.0. The van der Waals surface area contributed by atoms with Crippen molar-refractivity contribution in [3.8, 4) is 11.4 Å². The Morgan fingerprint density at radius 3 is 2.44 bits per heavy atom. The highest BCUT2D eigenvalue weighted by atomic mass is 32.2. The monoisotopic (exact) mass is 461 g/mol. The summed E-state index contributed by atoms with van der Waals surface area (Å²) in [5, 5.41) is 5.34. The van der Waals surface area contributed by atoms with E-state index in [0.29, 0.717) is 54.9 Å². The van der Waals surface area contributed by atoms with Gasteiger partial charge >= 0.3 is 0 Å². The second-order valence-corrected chi connectivity index (χ2v) is 9.71. The standard InChI is InChI=1S/C21H27N5O5S/c1-15(27)22-8-7-20(28)23-17-5-3-16(4-6-17)21-24-18(14-32(2,29)30)13-19(25-21)26-9-11-31-12-10-26/h3-6,13H,7-12,14H2,1-2H3,(H,22,27)(H,23,28). The second-order valence-electron chi connectivity index (χ2n) is 7.57. The van der Waals surface area contributed by atoms with E-state index in [2.05, 4.69) is 20.6 Å². The number of benzene rings is 1. The summed E-state index contributed by atoms with van der Waals surface area (Å²) in [5.74, 6) is 0.496. The Morgan fingerprint density at radius 2 is 1.81 bits per heavy atom. The first-order chi connectivity index (χ1) is 15.2. The predicted molar refractivity (Wildman–Crippen MR) is 121 cm³/mol. The molecular formula is C21H27N5O5S. The molecule has 11 heteroatoms. The molecule has 2 N–H and O–H groups in total. The normalized spacial score (nSPS) is 14.1. The Balaban J connectivity index is 1.78. The maximum Gasteiger partial charge on any atom is 0.226 e. The van der Waals surface area contributed by atoms with Crippen LogP contribution in [0.1, 0.15) is 19.0 Å². The molecule has 0 atom stereocenters. The van der Waals surface area contributed by atoms with Crippen LogP contribution in [-0.2, 0) is 29.9 Å². The average molecular weight is 462 g/mol. The van der Waals surface area contributed by atoms with E-state index in [9.17, 15) is 18.0 Å². The lowest BCUT2D eigenvalue weighted by atomic mass is 10.2. The Labute approximate surface area is 187 Å². The zero-order valence-electron chi connectivity index (χ0n) is 18.1. The summed E-state index contributed by atoms with van der Waals surface area (Å²) in [5.41, 5.74) is 1.72. The topological polar surface area (TPSA) is 131 Å². The highest BCUT2D eigenvalue weighted by Crippen LogP contribution is 2.23. The van der Waals surface area contributed by atoms with Gasteiger partial charge in [0, 0.05) is 56.6 Å². The fourth-order valence-corrected chi connectivity index (χ4v) is 3.87. The van der Waals surface area contributed by atoms with Gasteiger partial charge in [-0.25, -0.2) is 18.4 Å². The molecule has 1 aromatic heterocycles. The number of carbonyl (C=O) groups is 2. The van der Waals surface area contributed by atoms with Crippen LogP contribution in [0.3, 0.4) is 0 Å². The molecule has 1 aliphatic heterocycles. The largest absolute Gasteiger partial charge is 0.378 e. The molecule has 0 spiro atoms. The maximum absolute atomic E-state index is 12.0. The lowest BCUT2D eigenvalue weighted by molar-refractivity contribution is -0.119. The number of hydrogen-bond donors (Lipinski definition) is 2. The molecular weight excluding hydrogens is 434 g/mol. The van der Waals surface area contributed by atoms with Gasteiger partial charge in [0.15, 0.2) is 15.7 Å². The molecule has 32 heavy (non-hydrogen) atoms. The molecule has 0 radical (unpaired) electrons. The van der Waals surface area contributed by atoms with E-state index >= 15 is 0 Å². The van der Waals surface area contributed by atoms with Crippen LogP contribution in [0.15, 0.2) is 30.3 Å². The highest BCUT2D eigenvalue weighted by Gasteiger charge is 2.17. The van der Waals surface area contributed by atoms with Crippen molar-refractivity contribution in [1.82, 2.24) is 15.3 Å². The first-order valence-electron chi connectivity index (χ1n) is 10.2. The van der Waals surface area contributed by atoms with E-state index in [4.69, 9.17) is 4.74 Å². The smallest absolute Gasteiger partial charge is 0.226 e. The summed E-state index contributed by atoms with van der Waals surface area (Å²) in [7, 11) is -3.26. The van der Waals surface area contributed by atoms with Crippen LogP contribution in [0.25, 0.3) is 11.4 Å². The van der Waals surface area contributed by atoms with Crippen molar-refractivity contribution in [2.75, 3.05) is 49.3 Å². The molecule has 1 aliphatic rings. The summed E-state index contributed by atoms with van der Waals surface area (Å²) < 4.78 is 29.1. The van der Waals surface area contributed by atoms with Crippen molar-refractivity contribution in [3.05, 3.63) is 36.0 Å². The lowest BCUT2D eigenvalue weighted by Gasteiger charge is -2.28. The van der Waals surface area contributed by atoms with E-state index in [1.807, 2.05) is 4.90 Å². The molecule has 10 nitrogen and oxygen atoms in total. The number of nitrogens with one attached hydrogen (secondary N) is 2. The number of anilines is 2. The van der Waals surface area contributed by atoms with E-state index in [1.165, 1.54) is 13.2 Å². The van der Waals surface area contributed by atoms with Crippen LogP contribution in [0.2, 0.25) is 0 Å². The van der Waals surface area contributed by atoms with E-state index in [1.54, 1.807) is 30.3 Å². The quantitative estimate of drug-likeness (QED) is 0.595. The summed E-state index contributed by atoms with van der Waals surface area (Å²) in [6, 6.07) is 8.71. The molecule has 3 rings (SSSR count). The molecule has 2 heterocycles. The Kier molecular flexibility index (Phi) is 7.75. The molecule has 2 aromatic rings. The average Bonchev–Trinajstić information content (AvgIpc) is 2.73. The van der Waals surface area contributed by atoms with Crippen LogP contribution in [0.4, 0.5) is 11.5 Å². The fourth-order valence-electron chi connectivity index (χ4n) is 3.19. The molecule has 1 fully saturated rings. The van der Waals surface area contributed by atoms with Crippen LogP contribution in [0.5, 0.6) is 0 Å². The number of morpholine rings is 1. The molecule has 172 valence electrons. The van der Waals surface area contributed by atoms with E-state index in [-0.39, 0.29) is 30.5 Å². The zero-order valence-corrected chi connectivity index (χ0v) is 18.9. The number of amides is 2. The molecule has 0 unspecified atom stereocenters. The second kappa shape index (κ2) is 10.5. The SMILES string of the molecule is CC(=O)NCCC(=O)Nc1ccc(-c2nc(CS(C)(=O)=O)cc(N3CCOCC3)n2)cc1. The third kappa shape index (κ3) is 7.27. The first-order valence-corrected chi connectivity index (χ1v) is 12.3. The van der Waals surface area contributed by atoms with Crippen LogP contribution < -0.4 is 15.5 Å². The van der Waals surface area contributed by atoms with Gasteiger partial charge < -0.3 is 20.3 Å². The molecule has 1 saturated heterocycles. The number of ether oxygens (including phenoxy) is 1. The predicted octanol–water partition coefficient (Wildman–Crippen LogP) is 0.990. The Morgan fingerprint density at radius 1 is 1.12 bits per heavy atom. The third-order valence-electron chi connectivity index (χ3n) is 4.66. The minimum Gasteiger partial charge on any atom is -0.378 e. The lowest BCUT2D eigenvalue weighted by Crippen LogP contribution is -2.37.